The molecule has 1 aromatic heterocycles. The van der Waals surface area contributed by atoms with Crippen molar-refractivity contribution >= 4 is 27.6 Å². The van der Waals surface area contributed by atoms with Crippen LogP contribution in [0.25, 0.3) is 27.4 Å². The number of amides is 1. The Bertz CT molecular complexity index is 1620. The number of carbonyl (C=O) groups excluding carboxylic acids is 1. The first-order valence-electron chi connectivity index (χ1n) is 13.0. The Morgan fingerprint density at radius 3 is 2.34 bits per heavy atom. The largest absolute Gasteiger partial charge is 0.385 e. The van der Waals surface area contributed by atoms with Crippen molar-refractivity contribution in [1.82, 2.24) is 14.5 Å². The Balaban J connectivity index is 1.71. The quantitative estimate of drug-likeness (QED) is 0.225. The van der Waals surface area contributed by atoms with Gasteiger partial charge in [-0.25, -0.2) is 4.98 Å². The third-order valence-electron chi connectivity index (χ3n) is 6.91. The van der Waals surface area contributed by atoms with Crippen LogP contribution in [0.1, 0.15) is 42.0 Å². The van der Waals surface area contributed by atoms with Crippen LogP contribution in [0.3, 0.4) is 0 Å². The lowest BCUT2D eigenvalue weighted by Gasteiger charge is -2.33. The molecule has 0 fully saturated rings. The molecular formula is C32H31N3O3. The lowest BCUT2D eigenvalue weighted by molar-refractivity contribution is 0.0636. The number of rotatable bonds is 9. The van der Waals surface area contributed by atoms with Gasteiger partial charge in [-0.05, 0) is 53.9 Å². The van der Waals surface area contributed by atoms with E-state index in [1.54, 1.807) is 17.7 Å². The van der Waals surface area contributed by atoms with Gasteiger partial charge < -0.3 is 9.64 Å². The van der Waals surface area contributed by atoms with Crippen LogP contribution in [-0.2, 0) is 4.74 Å². The summed E-state index contributed by atoms with van der Waals surface area (Å²) in [5, 5.41) is 2.45. The van der Waals surface area contributed by atoms with E-state index in [1.165, 1.54) is 0 Å². The number of carbonyl (C=O) groups is 1. The number of ether oxygens (including phenoxy) is 1. The van der Waals surface area contributed by atoms with Gasteiger partial charge in [0.15, 0.2) is 0 Å². The fourth-order valence-electron chi connectivity index (χ4n) is 5.09. The molecule has 0 spiro atoms. The molecule has 5 rings (SSSR count). The average Bonchev–Trinajstić information content (AvgIpc) is 2.97. The number of hydrogen-bond donors (Lipinski definition) is 0. The van der Waals surface area contributed by atoms with Crippen molar-refractivity contribution < 1.29 is 9.53 Å². The Kier molecular flexibility index (Phi) is 7.61. The molecular weight excluding hydrogens is 474 g/mol. The summed E-state index contributed by atoms with van der Waals surface area (Å²) in [5.41, 5.74) is 1.82. The van der Waals surface area contributed by atoms with E-state index in [-0.39, 0.29) is 11.5 Å². The van der Waals surface area contributed by atoms with Crippen molar-refractivity contribution in [1.29, 1.82) is 0 Å². The normalized spacial score (nSPS) is 12.1. The molecule has 0 bridgehead atoms. The molecule has 1 heterocycles. The van der Waals surface area contributed by atoms with Gasteiger partial charge in [0, 0.05) is 25.8 Å². The second-order valence-corrected chi connectivity index (χ2v) is 9.26. The van der Waals surface area contributed by atoms with E-state index in [1.807, 2.05) is 103 Å². The number of hydrogen-bond acceptors (Lipinski definition) is 4. The lowest BCUT2D eigenvalue weighted by atomic mass is 10.0. The predicted octanol–water partition coefficient (Wildman–Crippen LogP) is 6.17. The van der Waals surface area contributed by atoms with Crippen LogP contribution >= 0.6 is 0 Å². The van der Waals surface area contributed by atoms with E-state index in [0.717, 1.165) is 16.5 Å². The Morgan fingerprint density at radius 1 is 0.895 bits per heavy atom. The molecule has 1 atom stereocenters. The van der Waals surface area contributed by atoms with Crippen molar-refractivity contribution in [2.24, 2.45) is 0 Å². The average molecular weight is 506 g/mol. The SMILES string of the molecule is CCC(c1nc2ccccc2c(=O)n1-c1ccccc1)N(CCCOC)C(=O)c1cccc2ccccc12. The third kappa shape index (κ3) is 4.83. The number of aromatic nitrogens is 2. The van der Waals surface area contributed by atoms with E-state index < -0.39 is 6.04 Å². The molecule has 4 aromatic carbocycles. The van der Waals surface area contributed by atoms with Crippen LogP contribution in [0, 0.1) is 0 Å². The first-order chi connectivity index (χ1) is 18.6. The van der Waals surface area contributed by atoms with Gasteiger partial charge in [0.05, 0.1) is 22.6 Å². The van der Waals surface area contributed by atoms with Gasteiger partial charge in [-0.1, -0.05) is 73.7 Å². The number of fused-ring (bicyclic) bond motifs is 2. The molecule has 0 aliphatic rings. The Labute approximate surface area is 222 Å². The zero-order valence-corrected chi connectivity index (χ0v) is 21.7. The topological polar surface area (TPSA) is 64.4 Å². The third-order valence-corrected chi connectivity index (χ3v) is 6.91. The summed E-state index contributed by atoms with van der Waals surface area (Å²) in [6.07, 6.45) is 1.24. The van der Waals surface area contributed by atoms with E-state index in [9.17, 15) is 9.59 Å². The molecule has 0 N–H and O–H groups in total. The van der Waals surface area contributed by atoms with Crippen molar-refractivity contribution in [2.45, 2.75) is 25.8 Å². The minimum atomic E-state index is -0.434. The predicted molar refractivity (Wildman–Crippen MR) is 152 cm³/mol. The minimum absolute atomic E-state index is 0.0910. The van der Waals surface area contributed by atoms with E-state index in [0.29, 0.717) is 48.3 Å². The minimum Gasteiger partial charge on any atom is -0.385 e. The summed E-state index contributed by atoms with van der Waals surface area (Å²) < 4.78 is 6.99. The number of nitrogens with zero attached hydrogens (tertiary/aromatic N) is 3. The van der Waals surface area contributed by atoms with Crippen molar-refractivity contribution in [3.05, 3.63) is 119 Å². The monoisotopic (exact) mass is 505 g/mol. The zero-order valence-electron chi connectivity index (χ0n) is 21.7. The van der Waals surface area contributed by atoms with Gasteiger partial charge in [-0.15, -0.1) is 0 Å². The van der Waals surface area contributed by atoms with Gasteiger partial charge in [0.2, 0.25) is 0 Å². The molecule has 5 aromatic rings. The molecule has 1 unspecified atom stereocenters. The molecule has 6 heteroatoms. The second-order valence-electron chi connectivity index (χ2n) is 9.26. The molecule has 0 saturated carbocycles. The van der Waals surface area contributed by atoms with Crippen LogP contribution in [-0.4, -0.2) is 40.6 Å². The van der Waals surface area contributed by atoms with E-state index in [2.05, 4.69) is 0 Å². The summed E-state index contributed by atoms with van der Waals surface area (Å²) in [5.74, 6) is 0.458. The summed E-state index contributed by atoms with van der Waals surface area (Å²) in [6, 6.07) is 30.2. The van der Waals surface area contributed by atoms with Crippen LogP contribution in [0.2, 0.25) is 0 Å². The molecule has 6 nitrogen and oxygen atoms in total. The van der Waals surface area contributed by atoms with Crippen molar-refractivity contribution in [3.8, 4) is 5.69 Å². The van der Waals surface area contributed by atoms with E-state index >= 15 is 0 Å². The smallest absolute Gasteiger partial charge is 0.266 e. The van der Waals surface area contributed by atoms with Gasteiger partial charge >= 0.3 is 0 Å². The van der Waals surface area contributed by atoms with Crippen LogP contribution in [0.5, 0.6) is 0 Å². The summed E-state index contributed by atoms with van der Waals surface area (Å²) >= 11 is 0. The molecule has 0 aliphatic heterocycles. The first kappa shape index (κ1) is 25.4. The highest BCUT2D eigenvalue weighted by Gasteiger charge is 2.30. The lowest BCUT2D eigenvalue weighted by Crippen LogP contribution is -2.39. The number of benzene rings is 4. The van der Waals surface area contributed by atoms with Crippen LogP contribution in [0.4, 0.5) is 0 Å². The van der Waals surface area contributed by atoms with Gasteiger partial charge in [0.25, 0.3) is 11.5 Å². The van der Waals surface area contributed by atoms with Gasteiger partial charge in [-0.3, -0.25) is 14.2 Å². The molecule has 0 saturated heterocycles. The number of para-hydroxylation sites is 2. The summed E-state index contributed by atoms with van der Waals surface area (Å²) in [6.45, 7) is 3.01. The van der Waals surface area contributed by atoms with Gasteiger partial charge in [-0.2, -0.15) is 0 Å². The fraction of sp³-hybridized carbons (Fsp3) is 0.219. The van der Waals surface area contributed by atoms with Crippen molar-refractivity contribution in [2.75, 3.05) is 20.3 Å². The van der Waals surface area contributed by atoms with Crippen molar-refractivity contribution in [3.63, 3.8) is 0 Å². The summed E-state index contributed by atoms with van der Waals surface area (Å²) in [4.78, 5) is 35.0. The van der Waals surface area contributed by atoms with E-state index in [4.69, 9.17) is 9.72 Å². The highest BCUT2D eigenvalue weighted by Crippen LogP contribution is 2.29. The van der Waals surface area contributed by atoms with Crippen LogP contribution < -0.4 is 5.56 Å². The first-order valence-corrected chi connectivity index (χ1v) is 13.0. The zero-order chi connectivity index (χ0) is 26.5. The maximum Gasteiger partial charge on any atom is 0.266 e. The molecule has 1 amide bonds. The Morgan fingerprint density at radius 2 is 1.58 bits per heavy atom. The molecule has 0 radical (unpaired) electrons. The highest BCUT2D eigenvalue weighted by molar-refractivity contribution is 6.07. The summed E-state index contributed by atoms with van der Waals surface area (Å²) in [7, 11) is 1.66. The van der Waals surface area contributed by atoms with Crippen LogP contribution in [0.15, 0.2) is 102 Å². The standard InChI is InChI=1S/C32H31N3O3/c1-3-29(30-33-28-20-10-9-18-27(28)32(37)35(30)24-15-5-4-6-16-24)34(21-12-22-38-2)31(36)26-19-11-14-23-13-7-8-17-25(23)26/h4-11,13-20,29H,3,12,21-22H2,1-2H3. The Hall–Kier alpha value is -4.29. The molecule has 0 aliphatic carbocycles. The molecule has 38 heavy (non-hydrogen) atoms. The number of methoxy groups -OCH3 is 1. The second kappa shape index (κ2) is 11.4. The fourth-order valence-corrected chi connectivity index (χ4v) is 5.09. The highest BCUT2D eigenvalue weighted by atomic mass is 16.5. The van der Waals surface area contributed by atoms with Gasteiger partial charge in [0.1, 0.15) is 5.82 Å². The maximum atomic E-state index is 14.3. The maximum absolute atomic E-state index is 14.3. The molecule has 192 valence electrons.